The van der Waals surface area contributed by atoms with Crippen LogP contribution in [0.3, 0.4) is 0 Å². The lowest BCUT2D eigenvalue weighted by Gasteiger charge is -2.30. The summed E-state index contributed by atoms with van der Waals surface area (Å²) in [6, 6.07) is 3.79. The predicted molar refractivity (Wildman–Crippen MR) is 81.1 cm³/mol. The summed E-state index contributed by atoms with van der Waals surface area (Å²) in [6.07, 6.45) is 0.936. The molecule has 1 amide bonds. The summed E-state index contributed by atoms with van der Waals surface area (Å²) in [6.45, 7) is 8.65. The largest absolute Gasteiger partial charge is 0.481 e. The number of likely N-dealkylation sites (tertiary alicyclic amines) is 1. The number of carboxylic acid groups (broad SMARTS) is 1. The van der Waals surface area contributed by atoms with Crippen molar-refractivity contribution < 1.29 is 14.7 Å². The summed E-state index contributed by atoms with van der Waals surface area (Å²) in [5, 5.41) is 9.51. The van der Waals surface area contributed by atoms with Gasteiger partial charge in [0.05, 0.1) is 12.0 Å². The second-order valence-corrected chi connectivity index (χ2v) is 5.99. The Morgan fingerprint density at radius 3 is 2.33 bits per heavy atom. The van der Waals surface area contributed by atoms with Crippen molar-refractivity contribution in [1.82, 2.24) is 4.90 Å². The van der Waals surface area contributed by atoms with Gasteiger partial charge in [-0.2, -0.15) is 0 Å². The number of carbonyl (C=O) groups excluding carboxylic acids is 1. The van der Waals surface area contributed by atoms with Crippen molar-refractivity contribution >= 4 is 11.9 Å². The Kier molecular flexibility index (Phi) is 4.35. The van der Waals surface area contributed by atoms with Crippen LogP contribution in [-0.4, -0.2) is 28.4 Å². The summed E-state index contributed by atoms with van der Waals surface area (Å²) in [5.74, 6) is -1.58. The topological polar surface area (TPSA) is 57.6 Å². The van der Waals surface area contributed by atoms with Gasteiger partial charge in [0.15, 0.2) is 0 Å². The van der Waals surface area contributed by atoms with Crippen molar-refractivity contribution in [3.8, 4) is 0 Å². The summed E-state index contributed by atoms with van der Waals surface area (Å²) in [7, 11) is 0. The SMILES string of the molecule is CCCN1C(=O)CC(C(=O)O)C1c1c(C)cc(C)cc1C. The highest BCUT2D eigenvalue weighted by Crippen LogP contribution is 2.41. The molecule has 114 valence electrons. The number of nitrogens with zero attached hydrogens (tertiary/aromatic N) is 1. The van der Waals surface area contributed by atoms with E-state index in [2.05, 4.69) is 12.1 Å². The molecule has 2 unspecified atom stereocenters. The summed E-state index contributed by atoms with van der Waals surface area (Å²) >= 11 is 0. The van der Waals surface area contributed by atoms with Crippen molar-refractivity contribution in [3.05, 3.63) is 34.4 Å². The summed E-state index contributed by atoms with van der Waals surface area (Å²) < 4.78 is 0. The summed E-state index contributed by atoms with van der Waals surface area (Å²) in [5.41, 5.74) is 4.30. The number of aliphatic carboxylic acids is 1. The van der Waals surface area contributed by atoms with E-state index >= 15 is 0 Å². The molecule has 1 aromatic carbocycles. The first kappa shape index (κ1) is 15.5. The van der Waals surface area contributed by atoms with Gasteiger partial charge < -0.3 is 10.0 Å². The third kappa shape index (κ3) is 2.80. The number of carboxylic acids is 1. The minimum Gasteiger partial charge on any atom is -0.481 e. The van der Waals surface area contributed by atoms with E-state index in [1.165, 1.54) is 0 Å². The Labute approximate surface area is 125 Å². The van der Waals surface area contributed by atoms with E-state index in [9.17, 15) is 14.7 Å². The fourth-order valence-electron chi connectivity index (χ4n) is 3.53. The monoisotopic (exact) mass is 289 g/mol. The minimum atomic E-state index is -0.883. The quantitative estimate of drug-likeness (QED) is 0.927. The smallest absolute Gasteiger partial charge is 0.309 e. The molecule has 4 heteroatoms. The van der Waals surface area contributed by atoms with Crippen LogP contribution < -0.4 is 0 Å². The van der Waals surface area contributed by atoms with Gasteiger partial charge in [-0.25, -0.2) is 0 Å². The molecule has 4 nitrogen and oxygen atoms in total. The molecule has 1 aromatic rings. The molecule has 1 heterocycles. The summed E-state index contributed by atoms with van der Waals surface area (Å²) in [4.78, 5) is 25.6. The Bertz CT molecular complexity index is 556. The first-order valence-electron chi connectivity index (χ1n) is 7.46. The van der Waals surface area contributed by atoms with Gasteiger partial charge in [-0.15, -0.1) is 0 Å². The zero-order chi connectivity index (χ0) is 15.7. The highest BCUT2D eigenvalue weighted by Gasteiger charge is 2.45. The maximum absolute atomic E-state index is 12.2. The lowest BCUT2D eigenvalue weighted by molar-refractivity contribution is -0.142. The van der Waals surface area contributed by atoms with Crippen LogP contribution in [0.25, 0.3) is 0 Å². The zero-order valence-electron chi connectivity index (χ0n) is 13.1. The van der Waals surface area contributed by atoms with Crippen molar-refractivity contribution in [2.24, 2.45) is 5.92 Å². The average Bonchev–Trinajstić information content (AvgIpc) is 2.67. The highest BCUT2D eigenvalue weighted by atomic mass is 16.4. The van der Waals surface area contributed by atoms with Crippen LogP contribution in [-0.2, 0) is 9.59 Å². The Morgan fingerprint density at radius 1 is 1.29 bits per heavy atom. The van der Waals surface area contributed by atoms with Crippen LogP contribution in [0.5, 0.6) is 0 Å². The van der Waals surface area contributed by atoms with Gasteiger partial charge in [-0.05, 0) is 43.9 Å². The molecule has 1 aliphatic rings. The van der Waals surface area contributed by atoms with Gasteiger partial charge in [0.1, 0.15) is 0 Å². The third-order valence-corrected chi connectivity index (χ3v) is 4.25. The van der Waals surface area contributed by atoms with Gasteiger partial charge in [-0.3, -0.25) is 9.59 Å². The number of aryl methyl sites for hydroxylation is 3. The maximum atomic E-state index is 12.2. The van der Waals surface area contributed by atoms with Crippen LogP contribution in [0.15, 0.2) is 12.1 Å². The highest BCUT2D eigenvalue weighted by molar-refractivity contribution is 5.87. The van der Waals surface area contributed by atoms with Crippen LogP contribution in [0, 0.1) is 26.7 Å². The Hall–Kier alpha value is -1.84. The molecule has 0 spiro atoms. The average molecular weight is 289 g/mol. The van der Waals surface area contributed by atoms with Gasteiger partial charge in [0.25, 0.3) is 0 Å². The Morgan fingerprint density at radius 2 is 1.86 bits per heavy atom. The molecule has 21 heavy (non-hydrogen) atoms. The number of rotatable bonds is 4. The zero-order valence-corrected chi connectivity index (χ0v) is 13.1. The molecule has 1 N–H and O–H groups in total. The number of carbonyl (C=O) groups is 2. The molecule has 0 aromatic heterocycles. The second-order valence-electron chi connectivity index (χ2n) is 5.99. The molecule has 1 fully saturated rings. The third-order valence-electron chi connectivity index (χ3n) is 4.25. The molecule has 1 aliphatic heterocycles. The van der Waals surface area contributed by atoms with E-state index in [-0.39, 0.29) is 18.4 Å². The Balaban J connectivity index is 2.55. The lowest BCUT2D eigenvalue weighted by Crippen LogP contribution is -2.32. The fraction of sp³-hybridized carbons (Fsp3) is 0.529. The van der Waals surface area contributed by atoms with Gasteiger partial charge in [0.2, 0.25) is 5.91 Å². The van der Waals surface area contributed by atoms with Crippen LogP contribution in [0.4, 0.5) is 0 Å². The van der Waals surface area contributed by atoms with Crippen molar-refractivity contribution in [1.29, 1.82) is 0 Å². The molecule has 0 saturated carbocycles. The first-order chi connectivity index (χ1) is 9.86. The minimum absolute atomic E-state index is 0.0476. The van der Waals surface area contributed by atoms with E-state index < -0.39 is 11.9 Å². The van der Waals surface area contributed by atoms with Crippen molar-refractivity contribution in [2.45, 2.75) is 46.6 Å². The molecular formula is C17H23NO3. The van der Waals surface area contributed by atoms with Crippen LogP contribution in [0.1, 0.15) is 48.1 Å². The number of hydrogen-bond acceptors (Lipinski definition) is 2. The second kappa shape index (κ2) is 5.88. The first-order valence-corrected chi connectivity index (χ1v) is 7.46. The number of benzene rings is 1. The van der Waals surface area contributed by atoms with E-state index in [4.69, 9.17) is 0 Å². The van der Waals surface area contributed by atoms with E-state index in [1.807, 2.05) is 27.7 Å². The molecule has 0 radical (unpaired) electrons. The normalized spacial score (nSPS) is 21.9. The standard InChI is InChI=1S/C17H23NO3/c1-5-6-18-14(19)9-13(17(20)21)16(18)15-11(3)7-10(2)8-12(15)4/h7-8,13,16H,5-6,9H2,1-4H3,(H,20,21). The van der Waals surface area contributed by atoms with E-state index in [0.717, 1.165) is 28.7 Å². The predicted octanol–water partition coefficient (Wildman–Crippen LogP) is 3.00. The van der Waals surface area contributed by atoms with Crippen molar-refractivity contribution in [3.63, 3.8) is 0 Å². The molecular weight excluding hydrogens is 266 g/mol. The van der Waals surface area contributed by atoms with Crippen molar-refractivity contribution in [2.75, 3.05) is 6.54 Å². The molecule has 1 saturated heterocycles. The molecule has 0 aliphatic carbocycles. The van der Waals surface area contributed by atoms with Gasteiger partial charge in [0, 0.05) is 13.0 Å². The number of hydrogen-bond donors (Lipinski definition) is 1. The van der Waals surface area contributed by atoms with E-state index in [0.29, 0.717) is 6.54 Å². The lowest BCUT2D eigenvalue weighted by atomic mass is 9.87. The molecule has 0 bridgehead atoms. The van der Waals surface area contributed by atoms with Crippen LogP contribution in [0.2, 0.25) is 0 Å². The van der Waals surface area contributed by atoms with Crippen LogP contribution >= 0.6 is 0 Å². The molecule has 2 atom stereocenters. The maximum Gasteiger partial charge on any atom is 0.309 e. The number of amides is 1. The fourth-order valence-corrected chi connectivity index (χ4v) is 3.53. The van der Waals surface area contributed by atoms with E-state index in [1.54, 1.807) is 4.90 Å². The molecule has 2 rings (SSSR count). The van der Waals surface area contributed by atoms with Gasteiger partial charge >= 0.3 is 5.97 Å². The van der Waals surface area contributed by atoms with Gasteiger partial charge in [-0.1, -0.05) is 24.6 Å².